The topological polar surface area (TPSA) is 207 Å². The maximum absolute atomic E-state index is 13.8. The molecule has 48 heavy (non-hydrogen) atoms. The molecular weight excluding hydrogens is 661 g/mol. The van der Waals surface area contributed by atoms with Crippen LogP contribution < -0.4 is 36.1 Å². The molecule has 1 saturated heterocycles. The molecule has 4 amide bonds. The molecule has 0 spiro atoms. The van der Waals surface area contributed by atoms with Gasteiger partial charge in [0.2, 0.25) is 15.9 Å². The standard InChI is InChI=1S/C31H38N8O7S2/c1-5-17-13-31(17,28(41)38-48(43,44)20-7-8-20)36-27(40)25-11-19(14-39(25)30(42)37-32)46-26-12-23(24-15-47-29(35-24)33-16(2)3)34-22-10-18(45-4)6-9-21(22)26/h5-6,9-10,12,15-17,19-20,25H,1,7-8,11,13-14,32H2,2-4H3,(H,33,35)(H,36,40)(H,37,42)(H,38,41)/t17-,19?,25+,31?/m1/s1. The number of carbonyl (C=O) groups is 3. The van der Waals surface area contributed by atoms with E-state index in [1.54, 1.807) is 25.3 Å². The molecule has 256 valence electrons. The lowest BCUT2D eigenvalue weighted by atomic mass is 10.1. The maximum atomic E-state index is 13.8. The summed E-state index contributed by atoms with van der Waals surface area (Å²) < 4.78 is 39.1. The first-order chi connectivity index (χ1) is 22.9. The number of fused-ring (bicyclic) bond motifs is 1. The van der Waals surface area contributed by atoms with Crippen molar-refractivity contribution >= 4 is 55.2 Å². The zero-order valence-electron chi connectivity index (χ0n) is 26.7. The molecular formula is C31H38N8O7S2. The van der Waals surface area contributed by atoms with Crippen LogP contribution in [0.5, 0.6) is 11.5 Å². The van der Waals surface area contributed by atoms with Gasteiger partial charge in [-0.15, -0.1) is 17.9 Å². The quantitative estimate of drug-likeness (QED) is 0.0803. The number of hydrogen-bond donors (Lipinski definition) is 5. The number of hydrogen-bond acceptors (Lipinski definition) is 12. The van der Waals surface area contributed by atoms with Crippen LogP contribution in [0.25, 0.3) is 22.3 Å². The number of aromatic nitrogens is 2. The fraction of sp³-hybridized carbons (Fsp3) is 0.452. The molecule has 4 atom stereocenters. The van der Waals surface area contributed by atoms with E-state index in [1.165, 1.54) is 22.3 Å². The summed E-state index contributed by atoms with van der Waals surface area (Å²) in [6, 6.07) is 5.54. The van der Waals surface area contributed by atoms with E-state index in [-0.39, 0.29) is 25.4 Å². The van der Waals surface area contributed by atoms with Crippen molar-refractivity contribution in [3.05, 3.63) is 42.3 Å². The Hall–Kier alpha value is -4.48. The number of methoxy groups -OCH3 is 1. The number of benzene rings is 1. The molecule has 0 bridgehead atoms. The van der Waals surface area contributed by atoms with Gasteiger partial charge in [-0.1, -0.05) is 6.08 Å². The first-order valence-corrected chi connectivity index (χ1v) is 18.0. The van der Waals surface area contributed by atoms with Crippen molar-refractivity contribution in [1.29, 1.82) is 0 Å². The minimum Gasteiger partial charge on any atom is -0.497 e. The summed E-state index contributed by atoms with van der Waals surface area (Å²) in [6.45, 7) is 7.77. The van der Waals surface area contributed by atoms with Gasteiger partial charge in [0.15, 0.2) is 5.13 Å². The van der Waals surface area contributed by atoms with E-state index >= 15 is 0 Å². The summed E-state index contributed by atoms with van der Waals surface area (Å²) >= 11 is 1.45. The van der Waals surface area contributed by atoms with E-state index < -0.39 is 56.7 Å². The average Bonchev–Trinajstić information content (AvgIpc) is 3.95. The van der Waals surface area contributed by atoms with Gasteiger partial charge in [0, 0.05) is 41.3 Å². The number of sulfonamides is 1. The van der Waals surface area contributed by atoms with Crippen LogP contribution in [0.4, 0.5) is 9.93 Å². The molecule has 0 radical (unpaired) electrons. The smallest absolute Gasteiger partial charge is 0.332 e. The van der Waals surface area contributed by atoms with Gasteiger partial charge >= 0.3 is 6.03 Å². The maximum Gasteiger partial charge on any atom is 0.332 e. The van der Waals surface area contributed by atoms with Crippen LogP contribution in [0, 0.1) is 5.92 Å². The Kier molecular flexibility index (Phi) is 8.95. The number of rotatable bonds is 12. The first-order valence-electron chi connectivity index (χ1n) is 15.5. The number of urea groups is 1. The van der Waals surface area contributed by atoms with Crippen LogP contribution in [-0.2, 0) is 19.6 Å². The van der Waals surface area contributed by atoms with Gasteiger partial charge in [-0.25, -0.2) is 29.0 Å². The molecule has 1 aliphatic heterocycles. The predicted molar refractivity (Wildman–Crippen MR) is 180 cm³/mol. The number of ether oxygens (including phenoxy) is 2. The van der Waals surface area contributed by atoms with Gasteiger partial charge < -0.3 is 25.0 Å². The molecule has 6 N–H and O–H groups in total. The van der Waals surface area contributed by atoms with Crippen molar-refractivity contribution in [3.8, 4) is 22.9 Å². The van der Waals surface area contributed by atoms with Crippen LogP contribution >= 0.6 is 11.3 Å². The summed E-state index contributed by atoms with van der Waals surface area (Å²) in [4.78, 5) is 50.6. The monoisotopic (exact) mass is 698 g/mol. The van der Waals surface area contributed by atoms with Gasteiger partial charge in [-0.05, 0) is 45.2 Å². The molecule has 3 fully saturated rings. The lowest BCUT2D eigenvalue weighted by molar-refractivity contribution is -0.131. The summed E-state index contributed by atoms with van der Waals surface area (Å²) in [5.74, 6) is 4.57. The number of amides is 4. The third-order valence-electron chi connectivity index (χ3n) is 8.65. The van der Waals surface area contributed by atoms with Gasteiger partial charge in [-0.3, -0.25) is 19.7 Å². The molecule has 15 nitrogen and oxygen atoms in total. The lowest BCUT2D eigenvalue weighted by Crippen LogP contribution is -2.57. The van der Waals surface area contributed by atoms with Crippen LogP contribution in [0.1, 0.15) is 39.5 Å². The summed E-state index contributed by atoms with van der Waals surface area (Å²) in [6.07, 6.45) is 2.01. The molecule has 3 heterocycles. The van der Waals surface area contributed by atoms with E-state index in [2.05, 4.69) is 32.3 Å². The molecule has 3 aliphatic rings. The molecule has 6 rings (SSSR count). The number of nitrogens with one attached hydrogen (secondary N) is 4. The van der Waals surface area contributed by atoms with Crippen LogP contribution in [0.2, 0.25) is 0 Å². The third kappa shape index (κ3) is 6.61. The Bertz CT molecular complexity index is 1880. The summed E-state index contributed by atoms with van der Waals surface area (Å²) in [5, 5.41) is 8.72. The molecule has 2 aliphatic carbocycles. The third-order valence-corrected chi connectivity index (χ3v) is 11.2. The lowest BCUT2D eigenvalue weighted by Gasteiger charge is -2.25. The average molecular weight is 699 g/mol. The largest absolute Gasteiger partial charge is 0.497 e. The van der Waals surface area contributed by atoms with E-state index in [0.717, 1.165) is 5.13 Å². The van der Waals surface area contributed by atoms with E-state index in [4.69, 9.17) is 20.3 Å². The second-order valence-electron chi connectivity index (χ2n) is 12.5. The summed E-state index contributed by atoms with van der Waals surface area (Å²) in [5.41, 5.74) is 2.36. The second kappa shape index (κ2) is 12.9. The molecule has 2 saturated carbocycles. The molecule has 17 heteroatoms. The van der Waals surface area contributed by atoms with Crippen molar-refractivity contribution in [2.75, 3.05) is 19.0 Å². The van der Waals surface area contributed by atoms with Gasteiger partial charge in [-0.2, -0.15) is 0 Å². The zero-order chi connectivity index (χ0) is 34.4. The Labute approximate surface area is 281 Å². The minimum absolute atomic E-state index is 0.00424. The highest BCUT2D eigenvalue weighted by atomic mass is 32.2. The van der Waals surface area contributed by atoms with Crippen LogP contribution in [-0.4, -0.2) is 83.8 Å². The highest BCUT2D eigenvalue weighted by Gasteiger charge is 2.62. The predicted octanol–water partition coefficient (Wildman–Crippen LogP) is 2.26. The van der Waals surface area contributed by atoms with E-state index in [1.807, 2.05) is 25.3 Å². The van der Waals surface area contributed by atoms with Gasteiger partial charge in [0.05, 0.1) is 30.1 Å². The fourth-order valence-electron chi connectivity index (χ4n) is 5.87. The molecule has 3 aromatic rings. The molecule has 2 aromatic heterocycles. The van der Waals surface area contributed by atoms with Crippen molar-refractivity contribution in [2.24, 2.45) is 11.8 Å². The molecule has 2 unspecified atom stereocenters. The Morgan fingerprint density at radius 2 is 1.96 bits per heavy atom. The number of nitrogens with zero attached hydrogens (tertiary/aromatic N) is 3. The van der Waals surface area contributed by atoms with Crippen LogP contribution in [0.15, 0.2) is 42.3 Å². The van der Waals surface area contributed by atoms with E-state index in [0.29, 0.717) is 46.6 Å². The van der Waals surface area contributed by atoms with Crippen molar-refractivity contribution < 1.29 is 32.3 Å². The number of likely N-dealkylation sites (tertiary alicyclic amines) is 1. The van der Waals surface area contributed by atoms with Crippen molar-refractivity contribution in [1.82, 2.24) is 30.3 Å². The number of thiazole rings is 1. The number of hydrazine groups is 1. The van der Waals surface area contributed by atoms with Gasteiger partial charge in [0.25, 0.3) is 5.91 Å². The van der Waals surface area contributed by atoms with Gasteiger partial charge in [0.1, 0.15) is 34.9 Å². The Balaban J connectivity index is 1.26. The highest BCUT2D eigenvalue weighted by Crippen LogP contribution is 2.45. The first kappa shape index (κ1) is 33.4. The highest BCUT2D eigenvalue weighted by molar-refractivity contribution is 7.91. The van der Waals surface area contributed by atoms with Crippen molar-refractivity contribution in [3.63, 3.8) is 0 Å². The van der Waals surface area contributed by atoms with Crippen molar-refractivity contribution in [2.45, 2.75) is 68.5 Å². The SMILES string of the molecule is C=C[C@@H]1CC1(NC(=O)[C@@H]1CC(Oc2cc(-c3csc(NC(C)C)n3)nc3cc(OC)ccc23)CN1C(=O)NN)C(=O)NS(=O)(=O)C1CC1. The minimum atomic E-state index is -3.85. The normalized spacial score (nSPS) is 23.4. The number of nitrogens with two attached hydrogens (primary N) is 1. The Morgan fingerprint density at radius 3 is 2.60 bits per heavy atom. The fourth-order valence-corrected chi connectivity index (χ4v) is 8.09. The summed E-state index contributed by atoms with van der Waals surface area (Å²) in [7, 11) is -2.29. The Morgan fingerprint density at radius 1 is 1.19 bits per heavy atom. The molecule has 1 aromatic carbocycles. The second-order valence-corrected chi connectivity index (χ2v) is 15.3. The van der Waals surface area contributed by atoms with Crippen LogP contribution in [0.3, 0.4) is 0 Å². The number of pyridine rings is 1. The van der Waals surface area contributed by atoms with E-state index in [9.17, 15) is 22.8 Å². The number of carbonyl (C=O) groups excluding carboxylic acids is 3. The zero-order valence-corrected chi connectivity index (χ0v) is 28.3. The number of anilines is 1.